The molecule has 0 unspecified atom stereocenters. The molecule has 2 aromatic rings. The van der Waals surface area contributed by atoms with Crippen molar-refractivity contribution in [3.05, 3.63) is 51.2 Å². The van der Waals surface area contributed by atoms with Crippen LogP contribution in [0.3, 0.4) is 0 Å². The second-order valence-corrected chi connectivity index (χ2v) is 6.33. The average Bonchev–Trinajstić information content (AvgIpc) is 3.14. The summed E-state index contributed by atoms with van der Waals surface area (Å²) in [6.45, 7) is 0.918. The van der Waals surface area contributed by atoms with Gasteiger partial charge in [0.25, 0.3) is 0 Å². The lowest BCUT2D eigenvalue weighted by Crippen LogP contribution is -2.26. The fourth-order valence-electron chi connectivity index (χ4n) is 2.35. The third kappa shape index (κ3) is 2.91. The van der Waals surface area contributed by atoms with Gasteiger partial charge in [-0.3, -0.25) is 0 Å². The van der Waals surface area contributed by atoms with Gasteiger partial charge in [-0.1, -0.05) is 23.7 Å². The van der Waals surface area contributed by atoms with Crippen molar-refractivity contribution < 1.29 is 0 Å². The zero-order valence-corrected chi connectivity index (χ0v) is 12.8. The molecule has 0 N–H and O–H groups in total. The third-order valence-electron chi connectivity index (χ3n) is 3.42. The van der Waals surface area contributed by atoms with Crippen LogP contribution < -0.4 is 4.90 Å². The Balaban J connectivity index is 1.96. The lowest BCUT2D eigenvalue weighted by molar-refractivity contribution is 0.792. The van der Waals surface area contributed by atoms with Crippen LogP contribution in [0.25, 0.3) is 0 Å². The van der Waals surface area contributed by atoms with Gasteiger partial charge in [-0.25, -0.2) is 0 Å². The number of halogens is 2. The quantitative estimate of drug-likeness (QED) is 0.676. The minimum atomic E-state index is 0.503. The molecule has 1 aromatic heterocycles. The van der Waals surface area contributed by atoms with Crippen LogP contribution in [0.4, 0.5) is 5.69 Å². The normalized spacial score (nSPS) is 14.6. The van der Waals surface area contributed by atoms with E-state index in [0.29, 0.717) is 11.9 Å². The molecule has 1 fully saturated rings. The summed E-state index contributed by atoms with van der Waals surface area (Å²) in [4.78, 5) is 2.42. The van der Waals surface area contributed by atoms with Crippen molar-refractivity contribution in [2.24, 2.45) is 0 Å². The topological polar surface area (TPSA) is 3.24 Å². The summed E-state index contributed by atoms with van der Waals surface area (Å²) in [7, 11) is 0. The van der Waals surface area contributed by atoms with Gasteiger partial charge in [0.05, 0.1) is 10.7 Å². The monoisotopic (exact) mass is 311 g/mol. The number of thiophene rings is 1. The molecule has 1 aliphatic rings. The highest BCUT2D eigenvalue weighted by molar-refractivity contribution is 7.07. The van der Waals surface area contributed by atoms with E-state index in [-0.39, 0.29) is 0 Å². The predicted molar refractivity (Wildman–Crippen MR) is 84.5 cm³/mol. The molecule has 0 aliphatic heterocycles. The maximum atomic E-state index is 6.42. The zero-order valence-electron chi connectivity index (χ0n) is 10.5. The number of para-hydroxylation sites is 1. The van der Waals surface area contributed by atoms with E-state index in [1.165, 1.54) is 18.4 Å². The molecule has 1 aromatic carbocycles. The van der Waals surface area contributed by atoms with Crippen molar-refractivity contribution in [3.63, 3.8) is 0 Å². The number of hydrogen-bond donors (Lipinski definition) is 0. The minimum Gasteiger partial charge on any atom is -0.363 e. The van der Waals surface area contributed by atoms with Gasteiger partial charge < -0.3 is 4.90 Å². The van der Waals surface area contributed by atoms with Gasteiger partial charge in [-0.2, -0.15) is 11.3 Å². The van der Waals surface area contributed by atoms with E-state index in [2.05, 4.69) is 27.8 Å². The van der Waals surface area contributed by atoms with E-state index < -0.39 is 0 Å². The Morgan fingerprint density at radius 2 is 2.11 bits per heavy atom. The summed E-state index contributed by atoms with van der Waals surface area (Å²) >= 11 is 14.2. The first-order valence-corrected chi connectivity index (χ1v) is 8.26. The van der Waals surface area contributed by atoms with Crippen LogP contribution in [-0.4, -0.2) is 6.04 Å². The summed E-state index contributed by atoms with van der Waals surface area (Å²) in [5, 5.41) is 5.13. The average molecular weight is 312 g/mol. The molecule has 1 nitrogen and oxygen atoms in total. The molecule has 1 saturated carbocycles. The Morgan fingerprint density at radius 1 is 1.26 bits per heavy atom. The molecule has 1 aliphatic carbocycles. The summed E-state index contributed by atoms with van der Waals surface area (Å²) in [5.41, 5.74) is 3.58. The van der Waals surface area contributed by atoms with Gasteiger partial charge in [-0.05, 0) is 46.9 Å². The van der Waals surface area contributed by atoms with Crippen LogP contribution in [0.2, 0.25) is 5.02 Å². The number of rotatable bonds is 5. The maximum Gasteiger partial charge on any atom is 0.0643 e. The molecule has 3 rings (SSSR count). The first kappa shape index (κ1) is 13.3. The smallest absolute Gasteiger partial charge is 0.0643 e. The van der Waals surface area contributed by atoms with Crippen molar-refractivity contribution >= 4 is 40.2 Å². The summed E-state index contributed by atoms with van der Waals surface area (Å²) in [6.07, 6.45) is 2.49. The van der Waals surface area contributed by atoms with Crippen molar-refractivity contribution in [2.45, 2.75) is 31.3 Å². The summed E-state index contributed by atoms with van der Waals surface area (Å²) in [6, 6.07) is 8.78. The number of benzene rings is 1. The molecule has 0 amide bonds. The fraction of sp³-hybridized carbons (Fsp3) is 0.333. The van der Waals surface area contributed by atoms with Gasteiger partial charge in [0.1, 0.15) is 0 Å². The van der Waals surface area contributed by atoms with Crippen molar-refractivity contribution in [3.8, 4) is 0 Å². The Morgan fingerprint density at radius 3 is 2.74 bits per heavy atom. The number of alkyl halides is 1. The maximum absolute atomic E-state index is 6.42. The lowest BCUT2D eigenvalue weighted by Gasteiger charge is -2.27. The van der Waals surface area contributed by atoms with E-state index in [9.17, 15) is 0 Å². The van der Waals surface area contributed by atoms with Crippen molar-refractivity contribution in [2.75, 3.05) is 4.90 Å². The Bertz CT molecular complexity index is 549. The molecule has 0 saturated heterocycles. The van der Waals surface area contributed by atoms with E-state index in [4.69, 9.17) is 23.2 Å². The number of anilines is 1. The fourth-order valence-corrected chi connectivity index (χ4v) is 3.52. The molecule has 0 radical (unpaired) electrons. The second kappa shape index (κ2) is 5.74. The van der Waals surface area contributed by atoms with Crippen molar-refractivity contribution in [1.82, 2.24) is 0 Å². The van der Waals surface area contributed by atoms with Crippen LogP contribution in [0.5, 0.6) is 0 Å². The number of hydrogen-bond acceptors (Lipinski definition) is 2. The van der Waals surface area contributed by atoms with Gasteiger partial charge in [0, 0.05) is 18.5 Å². The highest BCUT2D eigenvalue weighted by Gasteiger charge is 2.31. The van der Waals surface area contributed by atoms with Crippen LogP contribution >= 0.6 is 34.5 Å². The lowest BCUT2D eigenvalue weighted by atomic mass is 10.1. The Hall–Kier alpha value is -0.700. The molecule has 0 bridgehead atoms. The molecule has 100 valence electrons. The van der Waals surface area contributed by atoms with Crippen LogP contribution in [0.15, 0.2) is 35.0 Å². The molecule has 1 heterocycles. The van der Waals surface area contributed by atoms with E-state index in [0.717, 1.165) is 22.8 Å². The summed E-state index contributed by atoms with van der Waals surface area (Å²) < 4.78 is 0. The minimum absolute atomic E-state index is 0.503. The zero-order chi connectivity index (χ0) is 13.2. The predicted octanol–water partition coefficient (Wildman–Crippen LogP) is 5.31. The third-order valence-corrected chi connectivity index (χ3v) is 4.75. The molecular weight excluding hydrogens is 297 g/mol. The van der Waals surface area contributed by atoms with Crippen molar-refractivity contribution in [1.29, 1.82) is 0 Å². The van der Waals surface area contributed by atoms with Crippen LogP contribution in [-0.2, 0) is 12.4 Å². The first-order valence-electron chi connectivity index (χ1n) is 6.40. The molecule has 0 spiro atoms. The molecule has 0 atom stereocenters. The SMILES string of the molecule is ClCc1cccc(Cl)c1N(Cc1ccsc1)C1CC1. The molecule has 19 heavy (non-hydrogen) atoms. The van der Waals surface area contributed by atoms with Gasteiger partial charge in [0.2, 0.25) is 0 Å². The highest BCUT2D eigenvalue weighted by atomic mass is 35.5. The largest absolute Gasteiger partial charge is 0.363 e. The second-order valence-electron chi connectivity index (χ2n) is 4.87. The molecular formula is C15H15Cl2NS. The van der Waals surface area contributed by atoms with Gasteiger partial charge in [0.15, 0.2) is 0 Å². The standard InChI is InChI=1S/C15H15Cl2NS/c16-8-12-2-1-3-14(17)15(12)18(13-4-5-13)9-11-6-7-19-10-11/h1-3,6-7,10,13H,4-5,8-9H2. The van der Waals surface area contributed by atoms with E-state index in [1.807, 2.05) is 12.1 Å². The molecule has 4 heteroatoms. The highest BCUT2D eigenvalue weighted by Crippen LogP contribution is 2.39. The van der Waals surface area contributed by atoms with Gasteiger partial charge in [-0.15, -0.1) is 11.6 Å². The number of nitrogens with zero attached hydrogens (tertiary/aromatic N) is 1. The van der Waals surface area contributed by atoms with Gasteiger partial charge >= 0.3 is 0 Å². The Kier molecular flexibility index (Phi) is 4.01. The van der Waals surface area contributed by atoms with Crippen LogP contribution in [0, 0.1) is 0 Å². The van der Waals surface area contributed by atoms with Crippen LogP contribution in [0.1, 0.15) is 24.0 Å². The summed E-state index contributed by atoms with van der Waals surface area (Å²) in [5.74, 6) is 0.503. The van der Waals surface area contributed by atoms with E-state index >= 15 is 0 Å². The Labute approximate surface area is 127 Å². The van der Waals surface area contributed by atoms with E-state index in [1.54, 1.807) is 11.3 Å². The first-order chi connectivity index (χ1) is 9.29.